The van der Waals surface area contributed by atoms with Crippen LogP contribution in [-0.2, 0) is 0 Å². The summed E-state index contributed by atoms with van der Waals surface area (Å²) in [4.78, 5) is 9.97. The summed E-state index contributed by atoms with van der Waals surface area (Å²) < 4.78 is 0. The molecule has 2 heterocycles. The number of rotatable bonds is 3. The summed E-state index contributed by atoms with van der Waals surface area (Å²) in [6.45, 7) is 8.40. The van der Waals surface area contributed by atoms with Crippen LogP contribution in [0.15, 0.2) is 6.07 Å². The van der Waals surface area contributed by atoms with Gasteiger partial charge in [-0.2, -0.15) is 0 Å². The zero-order valence-corrected chi connectivity index (χ0v) is 13.0. The molecule has 2 N–H and O–H groups in total. The molecular formula is C15H22N4S. The number of aryl methyl sites for hydroxylation is 2. The van der Waals surface area contributed by atoms with Crippen molar-refractivity contribution in [2.24, 2.45) is 5.73 Å². The van der Waals surface area contributed by atoms with Crippen molar-refractivity contribution in [1.82, 2.24) is 9.88 Å². The Morgan fingerprint density at radius 1 is 1.25 bits per heavy atom. The number of thiocarbonyl (C=S) groups is 1. The lowest BCUT2D eigenvalue weighted by atomic mass is 10.1. The molecule has 3 rings (SSSR count). The molecule has 0 amide bonds. The third-order valence-corrected chi connectivity index (χ3v) is 4.48. The Hall–Kier alpha value is -1.20. The van der Waals surface area contributed by atoms with Gasteiger partial charge in [-0.1, -0.05) is 12.2 Å². The van der Waals surface area contributed by atoms with Gasteiger partial charge in [0.05, 0.1) is 11.3 Å². The maximum atomic E-state index is 5.91. The number of nitrogens with zero attached hydrogens (tertiary/aromatic N) is 3. The van der Waals surface area contributed by atoms with Crippen LogP contribution in [0, 0.1) is 13.8 Å². The molecule has 2 fully saturated rings. The second kappa shape index (κ2) is 5.30. The summed E-state index contributed by atoms with van der Waals surface area (Å²) in [5.41, 5.74) is 10.00. The average Bonchev–Trinajstić information content (AvgIpc) is 3.21. The van der Waals surface area contributed by atoms with E-state index in [0.29, 0.717) is 4.99 Å². The van der Waals surface area contributed by atoms with E-state index in [-0.39, 0.29) is 0 Å². The van der Waals surface area contributed by atoms with E-state index in [9.17, 15) is 0 Å². The summed E-state index contributed by atoms with van der Waals surface area (Å²) in [6, 6.07) is 2.97. The topological polar surface area (TPSA) is 45.4 Å². The Morgan fingerprint density at radius 3 is 2.45 bits per heavy atom. The van der Waals surface area contributed by atoms with E-state index in [1.165, 1.54) is 12.8 Å². The fourth-order valence-corrected chi connectivity index (χ4v) is 3.38. The van der Waals surface area contributed by atoms with Crippen molar-refractivity contribution in [3.63, 3.8) is 0 Å². The van der Waals surface area contributed by atoms with E-state index >= 15 is 0 Å². The van der Waals surface area contributed by atoms with Gasteiger partial charge in [0, 0.05) is 43.6 Å². The molecule has 0 aromatic carbocycles. The van der Waals surface area contributed by atoms with Crippen molar-refractivity contribution in [3.05, 3.63) is 23.0 Å². The van der Waals surface area contributed by atoms with Gasteiger partial charge in [-0.3, -0.25) is 9.88 Å². The third kappa shape index (κ3) is 2.65. The minimum atomic E-state index is 0.453. The standard InChI is InChI=1S/C15H22N4S/c1-10-9-13(14(15(16)20)11(2)17-10)19-7-5-18(6-8-19)12-3-4-12/h9,12H,3-8H2,1-2H3,(H2,16,20). The van der Waals surface area contributed by atoms with Crippen LogP contribution in [0.25, 0.3) is 0 Å². The van der Waals surface area contributed by atoms with Crippen LogP contribution in [0.2, 0.25) is 0 Å². The van der Waals surface area contributed by atoms with Crippen LogP contribution in [0.3, 0.4) is 0 Å². The van der Waals surface area contributed by atoms with Crippen molar-refractivity contribution in [2.45, 2.75) is 32.7 Å². The van der Waals surface area contributed by atoms with Crippen LogP contribution in [-0.4, -0.2) is 47.1 Å². The maximum Gasteiger partial charge on any atom is 0.107 e. The monoisotopic (exact) mass is 290 g/mol. The fraction of sp³-hybridized carbons (Fsp3) is 0.600. The highest BCUT2D eigenvalue weighted by atomic mass is 32.1. The first kappa shape index (κ1) is 13.8. The Balaban J connectivity index is 1.84. The fourth-order valence-electron chi connectivity index (χ4n) is 3.13. The molecule has 1 aliphatic carbocycles. The number of aromatic nitrogens is 1. The minimum absolute atomic E-state index is 0.453. The van der Waals surface area contributed by atoms with Crippen molar-refractivity contribution >= 4 is 22.9 Å². The maximum absolute atomic E-state index is 5.91. The summed E-state index contributed by atoms with van der Waals surface area (Å²) in [7, 11) is 0. The third-order valence-electron chi connectivity index (χ3n) is 4.27. The second-order valence-electron chi connectivity index (χ2n) is 5.86. The molecular weight excluding hydrogens is 268 g/mol. The van der Waals surface area contributed by atoms with E-state index in [1.54, 1.807) is 0 Å². The van der Waals surface area contributed by atoms with E-state index in [2.05, 4.69) is 20.9 Å². The zero-order valence-electron chi connectivity index (χ0n) is 12.2. The molecule has 20 heavy (non-hydrogen) atoms. The van der Waals surface area contributed by atoms with Crippen LogP contribution in [0.1, 0.15) is 29.8 Å². The molecule has 108 valence electrons. The van der Waals surface area contributed by atoms with Crippen molar-refractivity contribution < 1.29 is 0 Å². The Morgan fingerprint density at radius 2 is 1.90 bits per heavy atom. The summed E-state index contributed by atoms with van der Waals surface area (Å²) >= 11 is 5.23. The Labute approximate surface area is 126 Å². The SMILES string of the molecule is Cc1cc(N2CCN(C3CC3)CC2)c(C(N)=S)c(C)n1. The zero-order chi connectivity index (χ0) is 14.3. The van der Waals surface area contributed by atoms with Gasteiger partial charge in [-0.25, -0.2) is 0 Å². The van der Waals surface area contributed by atoms with Gasteiger partial charge >= 0.3 is 0 Å². The molecule has 1 aromatic heterocycles. The van der Waals surface area contributed by atoms with Crippen LogP contribution < -0.4 is 10.6 Å². The molecule has 0 bridgehead atoms. The Bertz CT molecular complexity index is 531. The highest BCUT2D eigenvalue weighted by Crippen LogP contribution is 2.30. The van der Waals surface area contributed by atoms with Gasteiger partial charge in [0.15, 0.2) is 0 Å². The lowest BCUT2D eigenvalue weighted by Crippen LogP contribution is -2.47. The highest BCUT2D eigenvalue weighted by molar-refractivity contribution is 7.80. The molecule has 0 unspecified atom stereocenters. The largest absolute Gasteiger partial charge is 0.389 e. The molecule has 4 nitrogen and oxygen atoms in total. The first-order chi connectivity index (χ1) is 9.56. The Kier molecular flexibility index (Phi) is 3.65. The number of piperazine rings is 1. The molecule has 1 aliphatic heterocycles. The molecule has 2 aliphatic rings. The van der Waals surface area contributed by atoms with Crippen LogP contribution >= 0.6 is 12.2 Å². The van der Waals surface area contributed by atoms with E-state index in [0.717, 1.165) is 54.9 Å². The van der Waals surface area contributed by atoms with Gasteiger partial charge in [0.25, 0.3) is 0 Å². The van der Waals surface area contributed by atoms with Crippen molar-refractivity contribution in [3.8, 4) is 0 Å². The van der Waals surface area contributed by atoms with Gasteiger partial charge in [0.2, 0.25) is 0 Å². The summed E-state index contributed by atoms with van der Waals surface area (Å²) in [5, 5.41) is 0. The van der Waals surface area contributed by atoms with Crippen molar-refractivity contribution in [2.75, 3.05) is 31.1 Å². The smallest absolute Gasteiger partial charge is 0.107 e. The summed E-state index contributed by atoms with van der Waals surface area (Å²) in [6.07, 6.45) is 2.76. The number of anilines is 1. The highest BCUT2D eigenvalue weighted by Gasteiger charge is 2.31. The quantitative estimate of drug-likeness (QED) is 0.857. The second-order valence-corrected chi connectivity index (χ2v) is 6.30. The molecule has 0 radical (unpaired) electrons. The number of pyridine rings is 1. The van der Waals surface area contributed by atoms with Gasteiger partial charge in [-0.05, 0) is 32.8 Å². The predicted molar refractivity (Wildman–Crippen MR) is 86.4 cm³/mol. The normalized spacial score (nSPS) is 20.2. The average molecular weight is 290 g/mol. The number of hydrogen-bond acceptors (Lipinski definition) is 4. The van der Waals surface area contributed by atoms with Crippen molar-refractivity contribution in [1.29, 1.82) is 0 Å². The van der Waals surface area contributed by atoms with Gasteiger partial charge in [0.1, 0.15) is 4.99 Å². The van der Waals surface area contributed by atoms with E-state index in [1.807, 2.05) is 13.8 Å². The molecule has 1 aromatic rings. The number of hydrogen-bond donors (Lipinski definition) is 1. The van der Waals surface area contributed by atoms with Gasteiger partial charge in [-0.15, -0.1) is 0 Å². The lowest BCUT2D eigenvalue weighted by molar-refractivity contribution is 0.248. The number of nitrogens with two attached hydrogens (primary N) is 1. The van der Waals surface area contributed by atoms with Gasteiger partial charge < -0.3 is 10.6 Å². The lowest BCUT2D eigenvalue weighted by Gasteiger charge is -2.37. The first-order valence-electron chi connectivity index (χ1n) is 7.33. The minimum Gasteiger partial charge on any atom is -0.389 e. The van der Waals surface area contributed by atoms with Crippen LogP contribution in [0.5, 0.6) is 0 Å². The molecule has 5 heteroatoms. The molecule has 1 saturated heterocycles. The molecule has 1 saturated carbocycles. The van der Waals surface area contributed by atoms with Crippen LogP contribution in [0.4, 0.5) is 5.69 Å². The molecule has 0 spiro atoms. The predicted octanol–water partition coefficient (Wildman–Crippen LogP) is 1.62. The first-order valence-corrected chi connectivity index (χ1v) is 7.74. The summed E-state index contributed by atoms with van der Waals surface area (Å²) in [5.74, 6) is 0. The van der Waals surface area contributed by atoms with E-state index < -0.39 is 0 Å². The molecule has 0 atom stereocenters. The van der Waals surface area contributed by atoms with E-state index in [4.69, 9.17) is 18.0 Å².